The highest BCUT2D eigenvalue weighted by molar-refractivity contribution is 5.81. The fraction of sp³-hybridized carbons (Fsp3) is 0.591. The maximum Gasteiger partial charge on any atom is 0.159 e. The van der Waals surface area contributed by atoms with Crippen LogP contribution in [0.15, 0.2) is 18.2 Å². The van der Waals surface area contributed by atoms with Crippen molar-refractivity contribution in [2.24, 2.45) is 0 Å². The number of rotatable bonds is 8. The van der Waals surface area contributed by atoms with E-state index in [9.17, 15) is 4.79 Å². The van der Waals surface area contributed by atoms with Crippen molar-refractivity contribution in [3.63, 3.8) is 0 Å². The lowest BCUT2D eigenvalue weighted by Crippen LogP contribution is -2.20. The van der Waals surface area contributed by atoms with Crippen LogP contribution < -0.4 is 0 Å². The van der Waals surface area contributed by atoms with Crippen LogP contribution in [-0.4, -0.2) is 26.1 Å². The summed E-state index contributed by atoms with van der Waals surface area (Å²) in [6, 6.07) is 6.74. The van der Waals surface area contributed by atoms with E-state index >= 15 is 0 Å². The Morgan fingerprint density at radius 2 is 1.89 bits per heavy atom. The molecule has 0 amide bonds. The van der Waals surface area contributed by atoms with Gasteiger partial charge in [0.15, 0.2) is 5.82 Å². The average molecular weight is 370 g/mol. The highest BCUT2D eigenvalue weighted by Gasteiger charge is 2.30. The Labute approximate surface area is 162 Å². The van der Waals surface area contributed by atoms with Gasteiger partial charge in [-0.25, -0.2) is 0 Å². The topological polar surface area (TPSA) is 57.0 Å². The predicted octanol–water partition coefficient (Wildman–Crippen LogP) is 4.29. The summed E-state index contributed by atoms with van der Waals surface area (Å²) in [6.45, 7) is 10.7. The van der Waals surface area contributed by atoms with Crippen molar-refractivity contribution in [2.45, 2.75) is 85.0 Å². The third-order valence-electron chi connectivity index (χ3n) is 4.90. The summed E-state index contributed by atoms with van der Waals surface area (Å²) in [7, 11) is 0. The number of benzene rings is 1. The van der Waals surface area contributed by atoms with Crippen molar-refractivity contribution in [1.29, 1.82) is 0 Å². The average Bonchev–Trinajstić information content (AvgIpc) is 3.33. The summed E-state index contributed by atoms with van der Waals surface area (Å²) in [4.78, 5) is 12.5. The summed E-state index contributed by atoms with van der Waals surface area (Å²) in [5.41, 5.74) is 3.33. The van der Waals surface area contributed by atoms with Crippen LogP contribution >= 0.6 is 0 Å². The lowest BCUT2D eigenvalue weighted by molar-refractivity contribution is -0.118. The molecule has 0 bridgehead atoms. The molecule has 5 heteroatoms. The standard InChI is InChI=1S/C22H31N3O2/c1-15-6-7-17(16(2)12-15)13-19(26)10-11-20-23-24-21(14-27-22(3,4)5)25(20)18-8-9-18/h6-7,12,18H,8-11,13-14H2,1-5H3. The minimum Gasteiger partial charge on any atom is -0.368 e. The number of ether oxygens (including phenoxy) is 1. The van der Waals surface area contributed by atoms with Crippen LogP contribution in [0.4, 0.5) is 0 Å². The van der Waals surface area contributed by atoms with Crippen LogP contribution in [0.5, 0.6) is 0 Å². The summed E-state index contributed by atoms with van der Waals surface area (Å²) in [5, 5.41) is 8.71. The van der Waals surface area contributed by atoms with Gasteiger partial charge < -0.3 is 9.30 Å². The van der Waals surface area contributed by atoms with Gasteiger partial charge in [0.05, 0.1) is 5.60 Å². The van der Waals surface area contributed by atoms with E-state index in [4.69, 9.17) is 4.74 Å². The maximum atomic E-state index is 12.5. The molecule has 0 N–H and O–H groups in total. The second-order valence-electron chi connectivity index (χ2n) is 8.68. The minimum absolute atomic E-state index is 0.206. The zero-order valence-corrected chi connectivity index (χ0v) is 17.2. The number of hydrogen-bond donors (Lipinski definition) is 0. The van der Waals surface area contributed by atoms with Gasteiger partial charge in [-0.2, -0.15) is 0 Å². The maximum absolute atomic E-state index is 12.5. The normalized spacial score (nSPS) is 14.6. The molecule has 1 saturated carbocycles. The zero-order chi connectivity index (χ0) is 19.6. The predicted molar refractivity (Wildman–Crippen MR) is 106 cm³/mol. The number of ketones is 1. The van der Waals surface area contributed by atoms with Gasteiger partial charge in [-0.05, 0) is 58.6 Å². The molecule has 1 aliphatic carbocycles. The summed E-state index contributed by atoms with van der Waals surface area (Å²) >= 11 is 0. The first-order chi connectivity index (χ1) is 12.7. The number of nitrogens with zero attached hydrogens (tertiary/aromatic N) is 3. The molecular formula is C22H31N3O2. The summed E-state index contributed by atoms with van der Waals surface area (Å²) in [5.74, 6) is 2.04. The van der Waals surface area contributed by atoms with Crippen LogP contribution in [0.1, 0.15) is 74.4 Å². The van der Waals surface area contributed by atoms with Gasteiger partial charge in [-0.15, -0.1) is 10.2 Å². The van der Waals surface area contributed by atoms with Crippen molar-refractivity contribution in [3.8, 4) is 0 Å². The molecule has 5 nitrogen and oxygen atoms in total. The van der Waals surface area contributed by atoms with Crippen molar-refractivity contribution >= 4 is 5.78 Å². The molecule has 146 valence electrons. The van der Waals surface area contributed by atoms with Gasteiger partial charge in [0.1, 0.15) is 18.2 Å². The molecule has 0 atom stereocenters. The van der Waals surface area contributed by atoms with Gasteiger partial charge >= 0.3 is 0 Å². The lowest BCUT2D eigenvalue weighted by Gasteiger charge is -2.19. The number of aromatic nitrogens is 3. The van der Waals surface area contributed by atoms with E-state index in [-0.39, 0.29) is 11.4 Å². The van der Waals surface area contributed by atoms with E-state index < -0.39 is 0 Å². The zero-order valence-electron chi connectivity index (χ0n) is 17.2. The van der Waals surface area contributed by atoms with E-state index in [2.05, 4.69) is 46.8 Å². The van der Waals surface area contributed by atoms with Gasteiger partial charge in [0.25, 0.3) is 0 Å². The monoisotopic (exact) mass is 369 g/mol. The molecule has 0 spiro atoms. The number of carbonyl (C=O) groups excluding carboxylic acids is 1. The molecule has 0 saturated heterocycles. The van der Waals surface area contributed by atoms with E-state index in [1.54, 1.807) is 0 Å². The molecule has 1 aromatic heterocycles. The van der Waals surface area contributed by atoms with Gasteiger partial charge in [-0.3, -0.25) is 4.79 Å². The van der Waals surface area contributed by atoms with Gasteiger partial charge in [-0.1, -0.05) is 23.8 Å². The molecule has 1 fully saturated rings. The Morgan fingerprint density at radius 1 is 1.19 bits per heavy atom. The Bertz CT molecular complexity index is 813. The third kappa shape index (κ3) is 5.48. The molecule has 0 aliphatic heterocycles. The van der Waals surface area contributed by atoms with Gasteiger partial charge in [0, 0.05) is 25.3 Å². The van der Waals surface area contributed by atoms with Crippen molar-refractivity contribution < 1.29 is 9.53 Å². The molecule has 27 heavy (non-hydrogen) atoms. The Balaban J connectivity index is 1.62. The second kappa shape index (κ2) is 7.93. The first kappa shape index (κ1) is 19.7. The molecular weight excluding hydrogens is 338 g/mol. The summed E-state index contributed by atoms with van der Waals surface area (Å²) < 4.78 is 8.09. The smallest absolute Gasteiger partial charge is 0.159 e. The number of Topliss-reactive ketones (excluding diaryl/α,β-unsaturated/α-hetero) is 1. The van der Waals surface area contributed by atoms with E-state index in [1.807, 2.05) is 20.8 Å². The molecule has 3 rings (SSSR count). The number of carbonyl (C=O) groups is 1. The largest absolute Gasteiger partial charge is 0.368 e. The van der Waals surface area contributed by atoms with Crippen molar-refractivity contribution in [2.75, 3.05) is 0 Å². The first-order valence-electron chi connectivity index (χ1n) is 9.87. The van der Waals surface area contributed by atoms with E-state index in [1.165, 1.54) is 11.1 Å². The molecule has 1 aromatic carbocycles. The molecule has 2 aromatic rings. The van der Waals surface area contributed by atoms with Crippen LogP contribution in [0.25, 0.3) is 0 Å². The van der Waals surface area contributed by atoms with Crippen LogP contribution in [0, 0.1) is 13.8 Å². The van der Waals surface area contributed by atoms with Crippen molar-refractivity contribution in [1.82, 2.24) is 14.8 Å². The van der Waals surface area contributed by atoms with Crippen LogP contribution in [0.2, 0.25) is 0 Å². The van der Waals surface area contributed by atoms with Gasteiger partial charge in [0.2, 0.25) is 0 Å². The first-order valence-corrected chi connectivity index (χ1v) is 9.87. The Hall–Kier alpha value is -2.01. The molecule has 0 radical (unpaired) electrons. The number of hydrogen-bond acceptors (Lipinski definition) is 4. The molecule has 1 heterocycles. The molecule has 1 aliphatic rings. The SMILES string of the molecule is Cc1ccc(CC(=O)CCc2nnc(COC(C)(C)C)n2C2CC2)c(C)c1. The van der Waals surface area contributed by atoms with E-state index in [0.717, 1.165) is 30.1 Å². The minimum atomic E-state index is -0.206. The highest BCUT2D eigenvalue weighted by atomic mass is 16.5. The third-order valence-corrected chi connectivity index (χ3v) is 4.90. The Kier molecular flexibility index (Phi) is 5.80. The lowest BCUT2D eigenvalue weighted by atomic mass is 9.99. The van der Waals surface area contributed by atoms with Crippen LogP contribution in [0.3, 0.4) is 0 Å². The molecule has 0 unspecified atom stereocenters. The van der Waals surface area contributed by atoms with Crippen LogP contribution in [-0.2, 0) is 29.0 Å². The fourth-order valence-electron chi connectivity index (χ4n) is 3.26. The van der Waals surface area contributed by atoms with E-state index in [0.29, 0.717) is 31.9 Å². The highest BCUT2D eigenvalue weighted by Crippen LogP contribution is 2.37. The quantitative estimate of drug-likeness (QED) is 0.696. The van der Waals surface area contributed by atoms with Crippen molar-refractivity contribution in [3.05, 3.63) is 46.5 Å². The summed E-state index contributed by atoms with van der Waals surface area (Å²) in [6.07, 6.45) is 3.94. The second-order valence-corrected chi connectivity index (χ2v) is 8.68. The number of aryl methyl sites for hydroxylation is 3. The Morgan fingerprint density at radius 3 is 2.52 bits per heavy atom. The fourth-order valence-corrected chi connectivity index (χ4v) is 3.26.